The van der Waals surface area contributed by atoms with Gasteiger partial charge in [0.25, 0.3) is 0 Å². The Bertz CT molecular complexity index is 215. The minimum absolute atomic E-state index is 0.0205. The molecule has 12 heavy (non-hydrogen) atoms. The van der Waals surface area contributed by atoms with Crippen LogP contribution < -0.4 is 0 Å². The van der Waals surface area contributed by atoms with E-state index in [1.54, 1.807) is 18.2 Å². The first-order valence-electron chi connectivity index (χ1n) is 3.88. The number of rotatable bonds is 1. The van der Waals surface area contributed by atoms with E-state index in [4.69, 9.17) is 5.73 Å². The molecule has 0 fully saturated rings. The Morgan fingerprint density at radius 3 is 2.17 bits per heavy atom. The summed E-state index contributed by atoms with van der Waals surface area (Å²) in [5.41, 5.74) is 7.30. The van der Waals surface area contributed by atoms with Gasteiger partial charge in [-0.15, -0.1) is 6.54 Å². The zero-order valence-electron chi connectivity index (χ0n) is 7.47. The van der Waals surface area contributed by atoms with Gasteiger partial charge in [-0.2, -0.15) is 0 Å². The molecule has 64 valence electrons. The van der Waals surface area contributed by atoms with Gasteiger partial charge in [-0.3, -0.25) is 0 Å². The summed E-state index contributed by atoms with van der Waals surface area (Å²) < 4.78 is 12.5. The van der Waals surface area contributed by atoms with Crippen LogP contribution in [0.25, 0.3) is 5.73 Å². The maximum Gasteiger partial charge on any atom is 0.124 e. The molecule has 0 saturated carbocycles. The summed E-state index contributed by atoms with van der Waals surface area (Å²) in [6, 6.07) is 6.33. The molecule has 0 atom stereocenters. The SMILES string of the molecule is [CH3][Al+][CH3].[NH-]Cc1ccccc1F. The first-order valence-corrected chi connectivity index (χ1v) is 6.19. The molecule has 0 heterocycles. The van der Waals surface area contributed by atoms with Crippen molar-refractivity contribution in [3.05, 3.63) is 41.4 Å². The molecule has 0 amide bonds. The van der Waals surface area contributed by atoms with Gasteiger partial charge < -0.3 is 5.73 Å². The second-order valence-electron chi connectivity index (χ2n) is 2.35. The number of benzene rings is 1. The minimum atomic E-state index is -0.285. The van der Waals surface area contributed by atoms with Crippen LogP contribution in [0.15, 0.2) is 24.3 Å². The smallest absolute Gasteiger partial charge is 0.124 e. The van der Waals surface area contributed by atoms with Crippen molar-refractivity contribution in [2.45, 2.75) is 18.1 Å². The Hall–Kier alpha value is -0.358. The van der Waals surface area contributed by atoms with Crippen LogP contribution in [0.4, 0.5) is 4.39 Å². The summed E-state index contributed by atoms with van der Waals surface area (Å²) in [6.45, 7) is 0.0205. The molecule has 0 saturated heterocycles. The molecule has 1 rings (SSSR count). The van der Waals surface area contributed by atoms with E-state index in [9.17, 15) is 4.39 Å². The third-order valence-electron chi connectivity index (χ3n) is 1.15. The van der Waals surface area contributed by atoms with Gasteiger partial charge in [-0.25, -0.2) is 4.39 Å². The first-order chi connectivity index (χ1) is 5.76. The van der Waals surface area contributed by atoms with Crippen LogP contribution in [0.2, 0.25) is 11.6 Å². The van der Waals surface area contributed by atoms with Gasteiger partial charge in [0.15, 0.2) is 0 Å². The molecule has 0 unspecified atom stereocenters. The van der Waals surface area contributed by atoms with Gasteiger partial charge >= 0.3 is 26.8 Å². The number of hydrogen-bond donors (Lipinski definition) is 0. The molecular formula is C9H13AlFN. The van der Waals surface area contributed by atoms with Gasteiger partial charge in [0.1, 0.15) is 5.82 Å². The normalized spacial score (nSPS) is 8.00. The van der Waals surface area contributed by atoms with Gasteiger partial charge in [0.05, 0.1) is 0 Å². The maximum atomic E-state index is 12.5. The predicted molar refractivity (Wildman–Crippen MR) is 51.9 cm³/mol. The fourth-order valence-corrected chi connectivity index (χ4v) is 0.642. The molecule has 3 heteroatoms. The van der Waals surface area contributed by atoms with E-state index in [0.29, 0.717) is 5.56 Å². The zero-order chi connectivity index (χ0) is 9.40. The van der Waals surface area contributed by atoms with E-state index >= 15 is 0 Å². The summed E-state index contributed by atoms with van der Waals surface area (Å²) in [5.74, 6) is 4.13. The van der Waals surface area contributed by atoms with E-state index < -0.39 is 0 Å². The van der Waals surface area contributed by atoms with Crippen LogP contribution in [0, 0.1) is 5.82 Å². The van der Waals surface area contributed by atoms with E-state index in [1.807, 2.05) is 0 Å². The molecule has 1 nitrogen and oxygen atoms in total. The van der Waals surface area contributed by atoms with Crippen LogP contribution in [-0.4, -0.2) is 15.2 Å². The summed E-state index contributed by atoms with van der Waals surface area (Å²) in [7, 11) is 0. The van der Waals surface area contributed by atoms with Gasteiger partial charge in [-0.05, 0) is 11.6 Å². The zero-order valence-corrected chi connectivity index (χ0v) is 8.63. The number of nitrogens with one attached hydrogen (secondary N) is 1. The Kier molecular flexibility index (Phi) is 7.08. The van der Waals surface area contributed by atoms with Crippen molar-refractivity contribution in [3.63, 3.8) is 0 Å². The molecule has 0 aromatic heterocycles. The number of halogens is 1. The van der Waals surface area contributed by atoms with Crippen molar-refractivity contribution in [1.29, 1.82) is 0 Å². The molecule has 1 aromatic rings. The molecule has 0 aliphatic heterocycles. The Balaban J connectivity index is 0.000000354. The average molecular weight is 181 g/mol. The van der Waals surface area contributed by atoms with Crippen LogP contribution in [-0.2, 0) is 6.54 Å². The van der Waals surface area contributed by atoms with Crippen LogP contribution >= 0.6 is 0 Å². The molecular weight excluding hydrogens is 168 g/mol. The van der Waals surface area contributed by atoms with Gasteiger partial charge in [0.2, 0.25) is 0 Å². The van der Waals surface area contributed by atoms with E-state index in [1.165, 1.54) is 6.07 Å². The van der Waals surface area contributed by atoms with E-state index in [-0.39, 0.29) is 12.4 Å². The van der Waals surface area contributed by atoms with Crippen molar-refractivity contribution in [2.75, 3.05) is 0 Å². The first kappa shape index (κ1) is 11.6. The predicted octanol–water partition coefficient (Wildman–Crippen LogP) is 3.16. The third-order valence-corrected chi connectivity index (χ3v) is 1.15. The maximum absolute atomic E-state index is 12.5. The van der Waals surface area contributed by atoms with Crippen molar-refractivity contribution >= 4 is 15.2 Å². The van der Waals surface area contributed by atoms with E-state index in [0.717, 1.165) is 15.2 Å². The van der Waals surface area contributed by atoms with Crippen molar-refractivity contribution in [2.24, 2.45) is 0 Å². The molecule has 0 aliphatic rings. The standard InChI is InChI=1S/C7H7FN.2CH3.Al/c8-7-4-2-1-3-6(7)5-9;;;/h1-4,9H,5H2;2*1H3;/q-1;;;+1. The largest absolute Gasteiger partial charge is 0.674 e. The van der Waals surface area contributed by atoms with Gasteiger partial charge in [0, 0.05) is 0 Å². The topological polar surface area (TPSA) is 23.8 Å². The van der Waals surface area contributed by atoms with Crippen molar-refractivity contribution in [3.8, 4) is 0 Å². The quantitative estimate of drug-likeness (QED) is 0.594. The Morgan fingerprint density at radius 2 is 1.83 bits per heavy atom. The Labute approximate surface area is 79.5 Å². The second-order valence-corrected chi connectivity index (χ2v) is 3.50. The molecule has 0 radical (unpaired) electrons. The van der Waals surface area contributed by atoms with Crippen molar-refractivity contribution < 1.29 is 4.39 Å². The fraction of sp³-hybridized carbons (Fsp3) is 0.333. The van der Waals surface area contributed by atoms with Crippen LogP contribution in [0.5, 0.6) is 0 Å². The van der Waals surface area contributed by atoms with Gasteiger partial charge in [-0.1, -0.05) is 18.2 Å². The van der Waals surface area contributed by atoms with Crippen molar-refractivity contribution in [1.82, 2.24) is 0 Å². The monoisotopic (exact) mass is 181 g/mol. The molecule has 0 bridgehead atoms. The molecule has 0 aliphatic carbocycles. The molecule has 1 aromatic carbocycles. The molecule has 1 N–H and O–H groups in total. The average Bonchev–Trinajstić information content (AvgIpc) is 2.07. The summed E-state index contributed by atoms with van der Waals surface area (Å²) in [4.78, 5) is 0. The summed E-state index contributed by atoms with van der Waals surface area (Å²) in [5, 5.41) is 0. The summed E-state index contributed by atoms with van der Waals surface area (Å²) in [6.07, 6.45) is 0. The van der Waals surface area contributed by atoms with E-state index in [2.05, 4.69) is 11.6 Å². The van der Waals surface area contributed by atoms with Crippen LogP contribution in [0.1, 0.15) is 5.56 Å². The molecule has 0 spiro atoms. The third kappa shape index (κ3) is 4.51. The summed E-state index contributed by atoms with van der Waals surface area (Å²) >= 11 is 0.750. The van der Waals surface area contributed by atoms with Crippen LogP contribution in [0.3, 0.4) is 0 Å². The second kappa shape index (κ2) is 7.30. The Morgan fingerprint density at radius 1 is 1.33 bits per heavy atom. The minimum Gasteiger partial charge on any atom is -0.674 e. The fourth-order valence-electron chi connectivity index (χ4n) is 0.642. The number of hydrogen-bond acceptors (Lipinski definition) is 0.